The van der Waals surface area contributed by atoms with E-state index >= 15 is 0 Å². The summed E-state index contributed by atoms with van der Waals surface area (Å²) in [5, 5.41) is 0. The molecule has 3 nitrogen and oxygen atoms in total. The van der Waals surface area contributed by atoms with Crippen LogP contribution in [0.25, 0.3) is 0 Å². The molecular formula is C12H20O3. The third-order valence-corrected chi connectivity index (χ3v) is 3.56. The molecule has 1 heterocycles. The summed E-state index contributed by atoms with van der Waals surface area (Å²) in [5.74, 6) is 0.534. The van der Waals surface area contributed by atoms with Crippen LogP contribution in [0.1, 0.15) is 45.4 Å². The minimum atomic E-state index is -0.267. The first-order valence-corrected chi connectivity index (χ1v) is 6.00. The van der Waals surface area contributed by atoms with Gasteiger partial charge in [0.15, 0.2) is 5.79 Å². The van der Waals surface area contributed by atoms with Crippen LogP contribution in [0.5, 0.6) is 0 Å². The van der Waals surface area contributed by atoms with E-state index in [1.807, 2.05) is 0 Å². The predicted molar refractivity (Wildman–Crippen MR) is 56.5 cm³/mol. The first kappa shape index (κ1) is 11.1. The van der Waals surface area contributed by atoms with E-state index in [-0.39, 0.29) is 11.6 Å². The fourth-order valence-electron chi connectivity index (χ4n) is 2.83. The molecule has 0 aromatic carbocycles. The summed E-state index contributed by atoms with van der Waals surface area (Å²) in [6.45, 7) is 3.14. The topological polar surface area (TPSA) is 35.5 Å². The van der Waals surface area contributed by atoms with Crippen molar-refractivity contribution in [3.63, 3.8) is 0 Å². The van der Waals surface area contributed by atoms with Crippen molar-refractivity contribution >= 4 is 5.78 Å². The molecule has 1 aliphatic carbocycles. The molecular weight excluding hydrogens is 192 g/mol. The molecule has 1 aliphatic heterocycles. The van der Waals surface area contributed by atoms with Crippen molar-refractivity contribution in [1.29, 1.82) is 0 Å². The molecule has 0 bridgehead atoms. The molecule has 15 heavy (non-hydrogen) atoms. The number of rotatable bonds is 4. The van der Waals surface area contributed by atoms with Crippen molar-refractivity contribution in [2.45, 2.75) is 51.2 Å². The van der Waals surface area contributed by atoms with E-state index in [1.54, 1.807) is 6.92 Å². The minimum Gasteiger partial charge on any atom is -0.347 e. The Bertz CT molecular complexity index is 226. The summed E-state index contributed by atoms with van der Waals surface area (Å²) in [5.41, 5.74) is 0. The van der Waals surface area contributed by atoms with Gasteiger partial charge in [-0.1, -0.05) is 0 Å². The van der Waals surface area contributed by atoms with Gasteiger partial charge in [-0.2, -0.15) is 0 Å². The Morgan fingerprint density at radius 3 is 2.80 bits per heavy atom. The Morgan fingerprint density at radius 1 is 1.40 bits per heavy atom. The summed E-state index contributed by atoms with van der Waals surface area (Å²) >= 11 is 0. The van der Waals surface area contributed by atoms with E-state index in [0.29, 0.717) is 12.3 Å². The fourth-order valence-corrected chi connectivity index (χ4v) is 2.83. The lowest BCUT2D eigenvalue weighted by Crippen LogP contribution is -2.34. The van der Waals surface area contributed by atoms with Gasteiger partial charge in [-0.15, -0.1) is 0 Å². The lowest BCUT2D eigenvalue weighted by atomic mass is 9.95. The third kappa shape index (κ3) is 2.40. The molecule has 0 N–H and O–H groups in total. The standard InChI is InChI=1S/C12H20O3/c1-10(13)4-2-5-11-6-3-7-12(11)14-8-9-15-12/h11H,2-9H2,1H3. The van der Waals surface area contributed by atoms with Crippen molar-refractivity contribution < 1.29 is 14.3 Å². The second-order valence-corrected chi connectivity index (χ2v) is 4.69. The van der Waals surface area contributed by atoms with Gasteiger partial charge in [0.25, 0.3) is 0 Å². The van der Waals surface area contributed by atoms with Gasteiger partial charge in [0.05, 0.1) is 13.2 Å². The van der Waals surface area contributed by atoms with E-state index in [2.05, 4.69) is 0 Å². The lowest BCUT2D eigenvalue weighted by Gasteiger charge is -2.29. The van der Waals surface area contributed by atoms with Crippen molar-refractivity contribution in [3.8, 4) is 0 Å². The largest absolute Gasteiger partial charge is 0.347 e. The number of ether oxygens (including phenoxy) is 2. The molecule has 1 atom stereocenters. The van der Waals surface area contributed by atoms with Crippen LogP contribution in [0.15, 0.2) is 0 Å². The van der Waals surface area contributed by atoms with Crippen LogP contribution in [0, 0.1) is 5.92 Å². The van der Waals surface area contributed by atoms with Crippen molar-refractivity contribution in [2.75, 3.05) is 13.2 Å². The van der Waals surface area contributed by atoms with E-state index in [0.717, 1.165) is 32.5 Å². The summed E-state index contributed by atoms with van der Waals surface area (Å²) in [4.78, 5) is 10.9. The maximum absolute atomic E-state index is 10.9. The number of hydrogen-bond donors (Lipinski definition) is 0. The van der Waals surface area contributed by atoms with Crippen LogP contribution in [0.2, 0.25) is 0 Å². The first-order chi connectivity index (χ1) is 7.23. The zero-order valence-electron chi connectivity index (χ0n) is 9.46. The summed E-state index contributed by atoms with van der Waals surface area (Å²) in [6, 6.07) is 0. The van der Waals surface area contributed by atoms with E-state index < -0.39 is 0 Å². The van der Waals surface area contributed by atoms with Gasteiger partial charge in [0.1, 0.15) is 5.78 Å². The van der Waals surface area contributed by atoms with Crippen molar-refractivity contribution in [1.82, 2.24) is 0 Å². The highest BCUT2D eigenvalue weighted by molar-refractivity contribution is 5.75. The van der Waals surface area contributed by atoms with E-state index in [4.69, 9.17) is 9.47 Å². The molecule has 0 aromatic heterocycles. The second kappa shape index (κ2) is 4.62. The number of carbonyl (C=O) groups is 1. The summed E-state index contributed by atoms with van der Waals surface area (Å²) < 4.78 is 11.5. The van der Waals surface area contributed by atoms with Gasteiger partial charge < -0.3 is 14.3 Å². The molecule has 86 valence electrons. The highest BCUT2D eigenvalue weighted by Crippen LogP contribution is 2.44. The Balaban J connectivity index is 1.82. The summed E-state index contributed by atoms with van der Waals surface area (Å²) in [7, 11) is 0. The Morgan fingerprint density at radius 2 is 2.13 bits per heavy atom. The molecule has 0 amide bonds. The zero-order chi connectivity index (χ0) is 10.7. The van der Waals surface area contributed by atoms with Crippen LogP contribution >= 0.6 is 0 Å². The van der Waals surface area contributed by atoms with Gasteiger partial charge in [-0.05, 0) is 32.6 Å². The lowest BCUT2D eigenvalue weighted by molar-refractivity contribution is -0.182. The summed E-state index contributed by atoms with van der Waals surface area (Å²) in [6.07, 6.45) is 6.18. The average molecular weight is 212 g/mol. The van der Waals surface area contributed by atoms with Gasteiger partial charge >= 0.3 is 0 Å². The molecule has 0 radical (unpaired) electrons. The maximum Gasteiger partial charge on any atom is 0.171 e. The average Bonchev–Trinajstić information content (AvgIpc) is 2.79. The molecule has 1 saturated heterocycles. The molecule has 1 saturated carbocycles. The van der Waals surface area contributed by atoms with Crippen LogP contribution in [-0.2, 0) is 14.3 Å². The Hall–Kier alpha value is -0.410. The highest BCUT2D eigenvalue weighted by atomic mass is 16.7. The number of Topliss-reactive ketones (excluding diaryl/α,β-unsaturated/α-hetero) is 1. The molecule has 2 rings (SSSR count). The highest BCUT2D eigenvalue weighted by Gasteiger charge is 2.47. The molecule has 3 heteroatoms. The van der Waals surface area contributed by atoms with E-state index in [9.17, 15) is 4.79 Å². The van der Waals surface area contributed by atoms with Crippen molar-refractivity contribution in [2.24, 2.45) is 5.92 Å². The molecule has 0 aromatic rings. The fraction of sp³-hybridized carbons (Fsp3) is 0.917. The van der Waals surface area contributed by atoms with Crippen LogP contribution < -0.4 is 0 Å². The van der Waals surface area contributed by atoms with Gasteiger partial charge in [-0.25, -0.2) is 0 Å². The molecule has 2 fully saturated rings. The zero-order valence-corrected chi connectivity index (χ0v) is 9.46. The van der Waals surface area contributed by atoms with Gasteiger partial charge in [0.2, 0.25) is 0 Å². The Labute approximate surface area is 91.1 Å². The monoisotopic (exact) mass is 212 g/mol. The number of ketones is 1. The second-order valence-electron chi connectivity index (χ2n) is 4.69. The number of carbonyl (C=O) groups excluding carboxylic acids is 1. The maximum atomic E-state index is 10.9. The molecule has 2 aliphatic rings. The predicted octanol–water partition coefficient (Wildman–Crippen LogP) is 2.29. The quantitative estimate of drug-likeness (QED) is 0.717. The van der Waals surface area contributed by atoms with Crippen molar-refractivity contribution in [3.05, 3.63) is 0 Å². The normalized spacial score (nSPS) is 28.7. The molecule has 1 unspecified atom stereocenters. The number of hydrogen-bond acceptors (Lipinski definition) is 3. The van der Waals surface area contributed by atoms with Crippen LogP contribution in [-0.4, -0.2) is 24.8 Å². The first-order valence-electron chi connectivity index (χ1n) is 6.00. The smallest absolute Gasteiger partial charge is 0.171 e. The van der Waals surface area contributed by atoms with E-state index in [1.165, 1.54) is 12.8 Å². The van der Waals surface area contributed by atoms with Crippen LogP contribution in [0.4, 0.5) is 0 Å². The SMILES string of the molecule is CC(=O)CCCC1CCCC12OCCO2. The van der Waals surface area contributed by atoms with Gasteiger partial charge in [-0.3, -0.25) is 0 Å². The third-order valence-electron chi connectivity index (χ3n) is 3.56. The Kier molecular flexibility index (Phi) is 3.42. The van der Waals surface area contributed by atoms with Crippen LogP contribution in [0.3, 0.4) is 0 Å². The van der Waals surface area contributed by atoms with Gasteiger partial charge in [0, 0.05) is 18.8 Å². The minimum absolute atomic E-state index is 0.267. The molecule has 1 spiro atoms.